The first-order valence-corrected chi connectivity index (χ1v) is 10.8. The molecule has 1 aromatic heterocycles. The molecule has 0 saturated heterocycles. The van der Waals surface area contributed by atoms with Gasteiger partial charge in [-0.3, -0.25) is 10.1 Å². The van der Waals surface area contributed by atoms with Gasteiger partial charge in [-0.15, -0.1) is 10.2 Å². The molecular formula is C21H20FN3O4S2. The van der Waals surface area contributed by atoms with Gasteiger partial charge in [-0.25, -0.2) is 4.39 Å². The molecule has 0 spiro atoms. The number of ether oxygens (including phenoxy) is 3. The van der Waals surface area contributed by atoms with Gasteiger partial charge in [0.05, 0.1) is 21.3 Å². The predicted molar refractivity (Wildman–Crippen MR) is 120 cm³/mol. The molecule has 1 amide bonds. The minimum absolute atomic E-state index is 0.269. The van der Waals surface area contributed by atoms with Gasteiger partial charge in [-0.05, 0) is 41.5 Å². The Labute approximate surface area is 187 Å². The highest BCUT2D eigenvalue weighted by Gasteiger charge is 2.12. The Bertz CT molecular complexity index is 1050. The number of carbonyl (C=O) groups excluding carboxylic acids is 1. The third kappa shape index (κ3) is 6.19. The Morgan fingerprint density at radius 2 is 1.77 bits per heavy atom. The van der Waals surface area contributed by atoms with Gasteiger partial charge < -0.3 is 14.2 Å². The van der Waals surface area contributed by atoms with Crippen LogP contribution < -0.4 is 19.5 Å². The zero-order chi connectivity index (χ0) is 22.2. The van der Waals surface area contributed by atoms with Crippen molar-refractivity contribution in [2.75, 3.05) is 26.6 Å². The van der Waals surface area contributed by atoms with E-state index in [0.29, 0.717) is 38.0 Å². The van der Waals surface area contributed by atoms with Crippen LogP contribution in [0.4, 0.5) is 9.52 Å². The van der Waals surface area contributed by atoms with Crippen LogP contribution in [0.25, 0.3) is 6.08 Å². The molecule has 10 heteroatoms. The van der Waals surface area contributed by atoms with Crippen molar-refractivity contribution in [3.8, 4) is 17.2 Å². The Hall–Kier alpha value is -3.11. The molecule has 0 aliphatic carbocycles. The van der Waals surface area contributed by atoms with Crippen LogP contribution in [-0.2, 0) is 10.5 Å². The van der Waals surface area contributed by atoms with Crippen molar-refractivity contribution in [3.63, 3.8) is 0 Å². The summed E-state index contributed by atoms with van der Waals surface area (Å²) in [5.41, 5.74) is 1.68. The fraction of sp³-hybridized carbons (Fsp3) is 0.190. The summed E-state index contributed by atoms with van der Waals surface area (Å²) in [4.78, 5) is 12.2. The summed E-state index contributed by atoms with van der Waals surface area (Å²) in [6, 6.07) is 9.75. The molecular weight excluding hydrogens is 441 g/mol. The average Bonchev–Trinajstić information content (AvgIpc) is 3.23. The van der Waals surface area contributed by atoms with E-state index < -0.39 is 0 Å². The maximum absolute atomic E-state index is 13.0. The highest BCUT2D eigenvalue weighted by atomic mass is 32.2. The van der Waals surface area contributed by atoms with Crippen molar-refractivity contribution < 1.29 is 23.4 Å². The standard InChI is InChI=1S/C21H20FN3O4S2/c1-27-16-10-14(11-17(28-2)19(16)29-3)6-9-18(26)23-20-24-25-21(31-20)30-12-13-4-7-15(22)8-5-13/h4-11H,12H2,1-3H3,(H,23,24,26)/b9-6+. The number of carbonyl (C=O) groups is 1. The zero-order valence-corrected chi connectivity index (χ0v) is 18.7. The Balaban J connectivity index is 1.59. The Morgan fingerprint density at radius 3 is 2.39 bits per heavy atom. The van der Waals surface area contributed by atoms with Gasteiger partial charge in [0.15, 0.2) is 15.8 Å². The third-order valence-electron chi connectivity index (χ3n) is 4.03. The van der Waals surface area contributed by atoms with Gasteiger partial charge in [0.2, 0.25) is 16.8 Å². The first kappa shape index (κ1) is 22.6. The average molecular weight is 462 g/mol. The number of benzene rings is 2. The third-order valence-corrected chi connectivity index (χ3v) is 6.07. The molecule has 31 heavy (non-hydrogen) atoms. The first-order valence-electron chi connectivity index (χ1n) is 9.02. The van der Waals surface area contributed by atoms with E-state index in [-0.39, 0.29) is 11.7 Å². The second-order valence-corrected chi connectivity index (χ2v) is 8.27. The molecule has 0 saturated carbocycles. The molecule has 2 aromatic carbocycles. The molecule has 7 nitrogen and oxygen atoms in total. The number of rotatable bonds is 9. The lowest BCUT2D eigenvalue weighted by Crippen LogP contribution is -2.07. The van der Waals surface area contributed by atoms with Crippen molar-refractivity contribution in [2.45, 2.75) is 10.1 Å². The molecule has 0 aliphatic rings. The van der Waals surface area contributed by atoms with Crippen molar-refractivity contribution >= 4 is 40.2 Å². The number of nitrogens with zero attached hydrogens (tertiary/aromatic N) is 2. The Morgan fingerprint density at radius 1 is 1.10 bits per heavy atom. The van der Waals surface area contributed by atoms with E-state index in [2.05, 4.69) is 15.5 Å². The smallest absolute Gasteiger partial charge is 0.250 e. The maximum Gasteiger partial charge on any atom is 0.250 e. The topological polar surface area (TPSA) is 82.6 Å². The van der Waals surface area contributed by atoms with E-state index in [1.165, 1.54) is 62.6 Å². The van der Waals surface area contributed by atoms with E-state index in [1.807, 2.05) is 0 Å². The van der Waals surface area contributed by atoms with Crippen LogP contribution in [0.1, 0.15) is 11.1 Å². The predicted octanol–water partition coefficient (Wildman–Crippen LogP) is 4.65. The number of nitrogens with one attached hydrogen (secondary N) is 1. The molecule has 1 heterocycles. The summed E-state index contributed by atoms with van der Waals surface area (Å²) in [5.74, 6) is 1.48. The number of hydrogen-bond acceptors (Lipinski definition) is 8. The lowest BCUT2D eigenvalue weighted by Gasteiger charge is -2.12. The van der Waals surface area contributed by atoms with Crippen LogP contribution in [0, 0.1) is 5.82 Å². The fourth-order valence-electron chi connectivity index (χ4n) is 2.56. The number of thioether (sulfide) groups is 1. The molecule has 0 unspecified atom stereocenters. The molecule has 162 valence electrons. The Kier molecular flexibility index (Phi) is 7.85. The van der Waals surface area contributed by atoms with Crippen molar-refractivity contribution in [1.82, 2.24) is 10.2 Å². The van der Waals surface area contributed by atoms with E-state index in [4.69, 9.17) is 14.2 Å². The quantitative estimate of drug-likeness (QED) is 0.282. The lowest BCUT2D eigenvalue weighted by atomic mass is 10.1. The van der Waals surface area contributed by atoms with E-state index in [9.17, 15) is 9.18 Å². The van der Waals surface area contributed by atoms with Crippen LogP contribution in [0.15, 0.2) is 46.8 Å². The lowest BCUT2D eigenvalue weighted by molar-refractivity contribution is -0.111. The number of halogens is 1. The van der Waals surface area contributed by atoms with Gasteiger partial charge >= 0.3 is 0 Å². The first-order chi connectivity index (χ1) is 15.0. The van der Waals surface area contributed by atoms with Crippen molar-refractivity contribution in [2.24, 2.45) is 0 Å². The van der Waals surface area contributed by atoms with Gasteiger partial charge in [-0.2, -0.15) is 0 Å². The summed E-state index contributed by atoms with van der Waals surface area (Å²) in [7, 11) is 4.58. The van der Waals surface area contributed by atoms with Gasteiger partial charge in [0.1, 0.15) is 5.82 Å². The van der Waals surface area contributed by atoms with Crippen LogP contribution in [0.5, 0.6) is 17.2 Å². The number of hydrogen-bond donors (Lipinski definition) is 1. The summed E-state index contributed by atoms with van der Waals surface area (Å²) < 4.78 is 29.6. The molecule has 0 fully saturated rings. The summed E-state index contributed by atoms with van der Waals surface area (Å²) in [6.07, 6.45) is 3.01. The van der Waals surface area contributed by atoms with E-state index in [1.54, 1.807) is 30.3 Å². The second kappa shape index (κ2) is 10.8. The van der Waals surface area contributed by atoms with Crippen molar-refractivity contribution in [1.29, 1.82) is 0 Å². The number of amides is 1. The highest BCUT2D eigenvalue weighted by molar-refractivity contribution is 8.00. The van der Waals surface area contributed by atoms with Crippen molar-refractivity contribution in [3.05, 3.63) is 59.4 Å². The molecule has 0 bridgehead atoms. The molecule has 0 aliphatic heterocycles. The second-order valence-electron chi connectivity index (χ2n) is 6.07. The summed E-state index contributed by atoms with van der Waals surface area (Å²) in [6.45, 7) is 0. The zero-order valence-electron chi connectivity index (χ0n) is 17.0. The molecule has 3 aromatic rings. The van der Waals surface area contributed by atoms with Crippen LogP contribution in [-0.4, -0.2) is 37.4 Å². The normalized spacial score (nSPS) is 10.8. The monoisotopic (exact) mass is 461 g/mol. The van der Waals surface area contributed by atoms with Gasteiger partial charge in [0, 0.05) is 11.8 Å². The van der Waals surface area contributed by atoms with Crippen LogP contribution in [0.2, 0.25) is 0 Å². The van der Waals surface area contributed by atoms with E-state index in [0.717, 1.165) is 5.56 Å². The fourth-order valence-corrected chi connectivity index (χ4v) is 4.27. The largest absolute Gasteiger partial charge is 0.493 e. The SMILES string of the molecule is COc1cc(/C=C/C(=O)Nc2nnc(SCc3ccc(F)cc3)s2)cc(OC)c1OC. The summed E-state index contributed by atoms with van der Waals surface area (Å²) >= 11 is 2.73. The summed E-state index contributed by atoms with van der Waals surface area (Å²) in [5, 5.41) is 11.1. The molecule has 0 radical (unpaired) electrons. The highest BCUT2D eigenvalue weighted by Crippen LogP contribution is 2.38. The van der Waals surface area contributed by atoms with Gasteiger partial charge in [-0.1, -0.05) is 35.2 Å². The molecule has 3 rings (SSSR count). The molecule has 1 N–H and O–H groups in total. The van der Waals surface area contributed by atoms with E-state index >= 15 is 0 Å². The minimum atomic E-state index is -0.347. The van der Waals surface area contributed by atoms with Crippen LogP contribution in [0.3, 0.4) is 0 Å². The maximum atomic E-state index is 13.0. The minimum Gasteiger partial charge on any atom is -0.493 e. The molecule has 0 atom stereocenters. The number of anilines is 1. The number of aromatic nitrogens is 2. The van der Waals surface area contributed by atoms with Crippen LogP contribution >= 0.6 is 23.1 Å². The van der Waals surface area contributed by atoms with Gasteiger partial charge in [0.25, 0.3) is 0 Å². The number of methoxy groups -OCH3 is 3.